The molecule has 0 aliphatic heterocycles. The first-order valence-electron chi connectivity index (χ1n) is 5.09. The van der Waals surface area contributed by atoms with Crippen molar-refractivity contribution in [2.24, 2.45) is 0 Å². The average Bonchev–Trinajstić information content (AvgIpc) is 2.20. The molecule has 0 aromatic carbocycles. The predicted octanol–water partition coefficient (Wildman–Crippen LogP) is 1.48. The zero-order chi connectivity index (χ0) is 10.4. The molecular formula is C10H17N3O. The van der Waals surface area contributed by atoms with Crippen molar-refractivity contribution < 1.29 is 0 Å². The molecule has 1 heterocycles. The Kier molecular flexibility index (Phi) is 4.16. The van der Waals surface area contributed by atoms with Crippen molar-refractivity contribution in [3.8, 4) is 0 Å². The van der Waals surface area contributed by atoms with Crippen molar-refractivity contribution in [2.45, 2.75) is 33.2 Å². The lowest BCUT2D eigenvalue weighted by molar-refractivity contribution is 0.649. The first-order valence-corrected chi connectivity index (χ1v) is 5.09. The lowest BCUT2D eigenvalue weighted by Gasteiger charge is -2.06. The van der Waals surface area contributed by atoms with E-state index in [4.69, 9.17) is 0 Å². The maximum absolute atomic E-state index is 11.7. The third-order valence-electron chi connectivity index (χ3n) is 1.92. The molecule has 1 N–H and O–H groups in total. The van der Waals surface area contributed by atoms with Gasteiger partial charge >= 0.3 is 0 Å². The summed E-state index contributed by atoms with van der Waals surface area (Å²) in [6.07, 6.45) is 5.33. The lowest BCUT2D eigenvalue weighted by Crippen LogP contribution is -2.24. The second-order valence-electron chi connectivity index (χ2n) is 3.20. The fourth-order valence-corrected chi connectivity index (χ4v) is 1.23. The Labute approximate surface area is 84.0 Å². The molecule has 1 aromatic rings. The van der Waals surface area contributed by atoms with E-state index in [9.17, 15) is 4.79 Å². The van der Waals surface area contributed by atoms with Gasteiger partial charge in [0, 0.05) is 25.5 Å². The maximum Gasteiger partial charge on any atom is 0.293 e. The Morgan fingerprint density at radius 1 is 1.43 bits per heavy atom. The second-order valence-corrected chi connectivity index (χ2v) is 3.20. The number of nitrogens with zero attached hydrogens (tertiary/aromatic N) is 2. The van der Waals surface area contributed by atoms with Gasteiger partial charge in [0.1, 0.15) is 0 Å². The van der Waals surface area contributed by atoms with Crippen LogP contribution >= 0.6 is 0 Å². The van der Waals surface area contributed by atoms with E-state index in [1.54, 1.807) is 17.0 Å². The molecule has 4 heteroatoms. The highest BCUT2D eigenvalue weighted by molar-refractivity contribution is 5.30. The van der Waals surface area contributed by atoms with Crippen LogP contribution in [0.25, 0.3) is 0 Å². The fraction of sp³-hybridized carbons (Fsp3) is 0.600. The quantitative estimate of drug-likeness (QED) is 0.774. The summed E-state index contributed by atoms with van der Waals surface area (Å²) in [6.45, 7) is 5.65. The Balaban J connectivity index is 2.84. The number of aromatic nitrogens is 2. The number of anilines is 1. The third kappa shape index (κ3) is 2.58. The molecule has 4 nitrogen and oxygen atoms in total. The molecule has 1 rings (SSSR count). The van der Waals surface area contributed by atoms with E-state index in [1.165, 1.54) is 0 Å². The van der Waals surface area contributed by atoms with Gasteiger partial charge < -0.3 is 9.88 Å². The molecule has 0 bridgehead atoms. The van der Waals surface area contributed by atoms with Crippen LogP contribution in [-0.2, 0) is 6.54 Å². The summed E-state index contributed by atoms with van der Waals surface area (Å²) in [5.74, 6) is 0.461. The minimum atomic E-state index is -0.0252. The van der Waals surface area contributed by atoms with Crippen LogP contribution in [0.4, 0.5) is 5.82 Å². The highest BCUT2D eigenvalue weighted by Gasteiger charge is 2.01. The van der Waals surface area contributed by atoms with Gasteiger partial charge in [-0.15, -0.1) is 0 Å². The summed E-state index contributed by atoms with van der Waals surface area (Å²) in [6, 6.07) is 0. The SMILES string of the molecule is CCCNc1nccn(CCC)c1=O. The van der Waals surface area contributed by atoms with Crippen molar-refractivity contribution in [1.29, 1.82) is 0 Å². The van der Waals surface area contributed by atoms with Gasteiger partial charge in [0.05, 0.1) is 0 Å². The molecule has 1 aromatic heterocycles. The Morgan fingerprint density at radius 3 is 2.86 bits per heavy atom. The smallest absolute Gasteiger partial charge is 0.293 e. The molecule has 14 heavy (non-hydrogen) atoms. The Morgan fingerprint density at radius 2 is 2.21 bits per heavy atom. The van der Waals surface area contributed by atoms with Gasteiger partial charge in [-0.3, -0.25) is 4.79 Å². The van der Waals surface area contributed by atoms with Crippen molar-refractivity contribution in [3.05, 3.63) is 22.7 Å². The highest BCUT2D eigenvalue weighted by Crippen LogP contribution is 1.94. The summed E-state index contributed by atoms with van der Waals surface area (Å²) < 4.78 is 1.69. The number of hydrogen-bond donors (Lipinski definition) is 1. The molecular weight excluding hydrogens is 178 g/mol. The van der Waals surface area contributed by atoms with E-state index in [-0.39, 0.29) is 5.56 Å². The Hall–Kier alpha value is -1.32. The van der Waals surface area contributed by atoms with E-state index >= 15 is 0 Å². The van der Waals surface area contributed by atoms with E-state index in [0.29, 0.717) is 5.82 Å². The van der Waals surface area contributed by atoms with Crippen molar-refractivity contribution in [2.75, 3.05) is 11.9 Å². The van der Waals surface area contributed by atoms with Gasteiger partial charge in [-0.2, -0.15) is 0 Å². The highest BCUT2D eigenvalue weighted by atomic mass is 16.1. The summed E-state index contributed by atoms with van der Waals surface area (Å²) in [5, 5.41) is 3.02. The van der Waals surface area contributed by atoms with E-state index in [1.807, 2.05) is 6.92 Å². The molecule has 0 unspecified atom stereocenters. The van der Waals surface area contributed by atoms with Crippen molar-refractivity contribution in [1.82, 2.24) is 9.55 Å². The number of rotatable bonds is 5. The first kappa shape index (κ1) is 10.8. The van der Waals surface area contributed by atoms with Crippen molar-refractivity contribution in [3.63, 3.8) is 0 Å². The van der Waals surface area contributed by atoms with Crippen molar-refractivity contribution >= 4 is 5.82 Å². The molecule has 0 aliphatic carbocycles. The minimum absolute atomic E-state index is 0.0252. The van der Waals surface area contributed by atoms with Gasteiger partial charge in [0.2, 0.25) is 0 Å². The van der Waals surface area contributed by atoms with Crippen LogP contribution in [0.15, 0.2) is 17.2 Å². The largest absolute Gasteiger partial charge is 0.365 e. The molecule has 0 saturated carbocycles. The van der Waals surface area contributed by atoms with Crippen LogP contribution in [-0.4, -0.2) is 16.1 Å². The number of aryl methyl sites for hydroxylation is 1. The van der Waals surface area contributed by atoms with Gasteiger partial charge in [0.15, 0.2) is 5.82 Å². The molecule has 0 spiro atoms. The van der Waals surface area contributed by atoms with Crippen LogP contribution in [0.3, 0.4) is 0 Å². The second kappa shape index (κ2) is 5.42. The maximum atomic E-state index is 11.7. The topological polar surface area (TPSA) is 46.9 Å². The Bertz CT molecular complexity index is 332. The molecule has 0 atom stereocenters. The summed E-state index contributed by atoms with van der Waals surface area (Å²) in [4.78, 5) is 15.7. The predicted molar refractivity (Wildman–Crippen MR) is 57.6 cm³/mol. The molecule has 78 valence electrons. The average molecular weight is 195 g/mol. The van der Waals surface area contributed by atoms with E-state index < -0.39 is 0 Å². The summed E-state index contributed by atoms with van der Waals surface area (Å²) in [5.41, 5.74) is -0.0252. The van der Waals surface area contributed by atoms with Crippen LogP contribution in [0, 0.1) is 0 Å². The summed E-state index contributed by atoms with van der Waals surface area (Å²) in [7, 11) is 0. The van der Waals surface area contributed by atoms with Gasteiger partial charge in [-0.1, -0.05) is 13.8 Å². The molecule has 0 aliphatic rings. The molecule has 0 amide bonds. The normalized spacial score (nSPS) is 10.1. The van der Waals surface area contributed by atoms with E-state index in [0.717, 1.165) is 25.9 Å². The van der Waals surface area contributed by atoms with Crippen LogP contribution in [0.5, 0.6) is 0 Å². The zero-order valence-corrected chi connectivity index (χ0v) is 8.79. The van der Waals surface area contributed by atoms with Gasteiger partial charge in [-0.25, -0.2) is 4.98 Å². The standard InChI is InChI=1S/C10H17N3O/c1-3-5-11-9-10(14)13(7-4-2)8-6-12-9/h6,8H,3-5,7H2,1-2H3,(H,11,12). The van der Waals surface area contributed by atoms with E-state index in [2.05, 4.69) is 17.2 Å². The lowest BCUT2D eigenvalue weighted by atomic mass is 10.4. The van der Waals surface area contributed by atoms with Gasteiger partial charge in [0.25, 0.3) is 5.56 Å². The number of nitrogens with one attached hydrogen (secondary N) is 1. The monoisotopic (exact) mass is 195 g/mol. The molecule has 0 fully saturated rings. The third-order valence-corrected chi connectivity index (χ3v) is 1.92. The summed E-state index contributed by atoms with van der Waals surface area (Å²) >= 11 is 0. The van der Waals surface area contributed by atoms with Gasteiger partial charge in [-0.05, 0) is 12.8 Å². The van der Waals surface area contributed by atoms with Crippen LogP contribution in [0.2, 0.25) is 0 Å². The minimum Gasteiger partial charge on any atom is -0.365 e. The van der Waals surface area contributed by atoms with Crippen LogP contribution < -0.4 is 10.9 Å². The number of hydrogen-bond acceptors (Lipinski definition) is 3. The van der Waals surface area contributed by atoms with Crippen LogP contribution in [0.1, 0.15) is 26.7 Å². The fourth-order valence-electron chi connectivity index (χ4n) is 1.23. The zero-order valence-electron chi connectivity index (χ0n) is 8.79. The molecule has 0 saturated heterocycles. The first-order chi connectivity index (χ1) is 6.79. The molecule has 0 radical (unpaired) electrons.